The normalized spacial score (nSPS) is 15.5. The minimum absolute atomic E-state index is 0.0633. The molecule has 6 heteroatoms. The zero-order valence-electron chi connectivity index (χ0n) is 15.3. The molecule has 0 bridgehead atoms. The summed E-state index contributed by atoms with van der Waals surface area (Å²) in [5.74, 6) is 0.267. The van der Waals surface area contributed by atoms with Crippen LogP contribution in [0.5, 0.6) is 0 Å². The Bertz CT molecular complexity index is 731. The molecule has 2 aromatic rings. The lowest BCUT2D eigenvalue weighted by atomic mass is 10.1. The number of benzene rings is 1. The summed E-state index contributed by atoms with van der Waals surface area (Å²) in [6, 6.07) is 8.24. The number of anilines is 1. The van der Waals surface area contributed by atoms with E-state index in [0.29, 0.717) is 19.5 Å². The predicted molar refractivity (Wildman–Crippen MR) is 98.1 cm³/mol. The fraction of sp³-hybridized carbons (Fsp3) is 0.526. The van der Waals surface area contributed by atoms with Gasteiger partial charge in [-0.15, -0.1) is 5.10 Å². The van der Waals surface area contributed by atoms with Gasteiger partial charge in [-0.25, -0.2) is 4.68 Å². The van der Waals surface area contributed by atoms with Gasteiger partial charge in [0, 0.05) is 25.2 Å². The van der Waals surface area contributed by atoms with Crippen molar-refractivity contribution in [1.82, 2.24) is 19.9 Å². The van der Waals surface area contributed by atoms with E-state index in [2.05, 4.69) is 48.5 Å². The number of rotatable bonds is 5. The molecule has 0 aliphatic carbocycles. The lowest BCUT2D eigenvalue weighted by molar-refractivity contribution is -0.133. The van der Waals surface area contributed by atoms with E-state index in [1.165, 1.54) is 0 Å². The van der Waals surface area contributed by atoms with E-state index < -0.39 is 0 Å². The molecule has 1 aliphatic rings. The number of hydrogen-bond donors (Lipinski definition) is 1. The summed E-state index contributed by atoms with van der Waals surface area (Å²) in [5, 5.41) is 11.8. The molecule has 1 aromatic heterocycles. The standard InChI is InChI=1S/C19H27N5O/c1-19(2,3)24-14-17(21-22-24)12-20-16-8-6-7-15(11-16)13-23-10-5-4-9-18(23)25/h6-8,11,14,20H,4-5,9-10,12-13H2,1-3H3. The maximum Gasteiger partial charge on any atom is 0.222 e. The number of carbonyl (C=O) groups is 1. The van der Waals surface area contributed by atoms with Gasteiger partial charge in [-0.2, -0.15) is 0 Å². The number of carbonyl (C=O) groups excluding carboxylic acids is 1. The van der Waals surface area contributed by atoms with E-state index >= 15 is 0 Å². The van der Waals surface area contributed by atoms with Crippen LogP contribution in [0.15, 0.2) is 30.5 Å². The molecule has 0 saturated carbocycles. The zero-order chi connectivity index (χ0) is 17.9. The Morgan fingerprint density at radius 1 is 1.24 bits per heavy atom. The number of likely N-dealkylation sites (tertiary alicyclic amines) is 1. The maximum atomic E-state index is 12.0. The lowest BCUT2D eigenvalue weighted by Gasteiger charge is -2.26. The number of hydrogen-bond acceptors (Lipinski definition) is 4. The predicted octanol–water partition coefficient (Wildman–Crippen LogP) is 3.16. The van der Waals surface area contributed by atoms with Crippen molar-refractivity contribution in [3.63, 3.8) is 0 Å². The average molecular weight is 341 g/mol. The van der Waals surface area contributed by atoms with Gasteiger partial charge >= 0.3 is 0 Å². The molecule has 25 heavy (non-hydrogen) atoms. The van der Waals surface area contributed by atoms with Crippen LogP contribution in [0.25, 0.3) is 0 Å². The quantitative estimate of drug-likeness (QED) is 0.907. The molecule has 1 fully saturated rings. The van der Waals surface area contributed by atoms with Gasteiger partial charge in [-0.1, -0.05) is 17.3 Å². The van der Waals surface area contributed by atoms with Gasteiger partial charge in [-0.05, 0) is 51.3 Å². The summed E-state index contributed by atoms with van der Waals surface area (Å²) in [4.78, 5) is 13.9. The highest BCUT2D eigenvalue weighted by atomic mass is 16.2. The van der Waals surface area contributed by atoms with Gasteiger partial charge in [0.1, 0.15) is 5.69 Å². The van der Waals surface area contributed by atoms with Crippen LogP contribution in [0.2, 0.25) is 0 Å². The van der Waals surface area contributed by atoms with Crippen LogP contribution in [0.3, 0.4) is 0 Å². The third kappa shape index (κ3) is 4.59. The molecule has 1 N–H and O–H groups in total. The minimum atomic E-state index is -0.0633. The van der Waals surface area contributed by atoms with Crippen LogP contribution in [0.1, 0.15) is 51.3 Å². The van der Waals surface area contributed by atoms with Gasteiger partial charge in [0.05, 0.1) is 18.3 Å². The monoisotopic (exact) mass is 341 g/mol. The van der Waals surface area contributed by atoms with Crippen molar-refractivity contribution in [2.24, 2.45) is 0 Å². The molecule has 134 valence electrons. The molecular formula is C19H27N5O. The van der Waals surface area contributed by atoms with Crippen molar-refractivity contribution in [2.45, 2.75) is 58.7 Å². The summed E-state index contributed by atoms with van der Waals surface area (Å²) in [6.07, 6.45) is 4.78. The molecule has 2 heterocycles. The summed E-state index contributed by atoms with van der Waals surface area (Å²) < 4.78 is 1.88. The first-order valence-electron chi connectivity index (χ1n) is 8.94. The second-order valence-corrected chi connectivity index (χ2v) is 7.65. The Balaban J connectivity index is 1.60. The Labute approximate surface area is 149 Å². The topological polar surface area (TPSA) is 63.1 Å². The number of nitrogens with one attached hydrogen (secondary N) is 1. The average Bonchev–Trinajstić information content (AvgIpc) is 3.05. The van der Waals surface area contributed by atoms with Gasteiger partial charge in [0.25, 0.3) is 0 Å². The van der Waals surface area contributed by atoms with Crippen molar-refractivity contribution in [1.29, 1.82) is 0 Å². The largest absolute Gasteiger partial charge is 0.379 e. The van der Waals surface area contributed by atoms with E-state index in [-0.39, 0.29) is 11.4 Å². The van der Waals surface area contributed by atoms with Crippen LogP contribution in [-0.4, -0.2) is 32.3 Å². The van der Waals surface area contributed by atoms with Gasteiger partial charge < -0.3 is 10.2 Å². The summed E-state index contributed by atoms with van der Waals surface area (Å²) in [7, 11) is 0. The molecular weight excluding hydrogens is 314 g/mol. The van der Waals surface area contributed by atoms with Crippen molar-refractivity contribution in [3.05, 3.63) is 41.7 Å². The molecule has 0 radical (unpaired) electrons. The van der Waals surface area contributed by atoms with E-state index in [9.17, 15) is 4.79 Å². The van der Waals surface area contributed by atoms with Gasteiger partial charge in [-0.3, -0.25) is 4.79 Å². The molecule has 0 atom stereocenters. The molecule has 0 unspecified atom stereocenters. The first-order valence-corrected chi connectivity index (χ1v) is 8.94. The Hall–Kier alpha value is -2.37. The molecule has 1 aliphatic heterocycles. The summed E-state index contributed by atoms with van der Waals surface area (Å²) >= 11 is 0. The number of nitrogens with zero attached hydrogens (tertiary/aromatic N) is 4. The Kier molecular flexibility index (Phi) is 5.06. The zero-order valence-corrected chi connectivity index (χ0v) is 15.3. The van der Waals surface area contributed by atoms with E-state index in [4.69, 9.17) is 0 Å². The van der Waals surface area contributed by atoms with Gasteiger partial charge in [0.2, 0.25) is 5.91 Å². The smallest absolute Gasteiger partial charge is 0.222 e. The number of aromatic nitrogens is 3. The molecule has 1 saturated heterocycles. The van der Waals surface area contributed by atoms with Crippen LogP contribution in [0.4, 0.5) is 5.69 Å². The molecule has 1 amide bonds. The third-order valence-electron chi connectivity index (χ3n) is 4.42. The fourth-order valence-corrected chi connectivity index (χ4v) is 2.93. The molecule has 6 nitrogen and oxygen atoms in total. The fourth-order valence-electron chi connectivity index (χ4n) is 2.93. The van der Waals surface area contributed by atoms with Crippen LogP contribution in [0, 0.1) is 0 Å². The highest BCUT2D eigenvalue weighted by Crippen LogP contribution is 2.18. The van der Waals surface area contributed by atoms with Crippen molar-refractivity contribution < 1.29 is 4.79 Å². The van der Waals surface area contributed by atoms with Crippen molar-refractivity contribution in [3.8, 4) is 0 Å². The third-order valence-corrected chi connectivity index (χ3v) is 4.42. The molecule has 3 rings (SSSR count). The Morgan fingerprint density at radius 3 is 2.80 bits per heavy atom. The SMILES string of the molecule is CC(C)(C)n1cc(CNc2cccc(CN3CCCCC3=O)c2)nn1. The van der Waals surface area contributed by atoms with Crippen molar-refractivity contribution >= 4 is 11.6 Å². The molecule has 1 aromatic carbocycles. The Morgan fingerprint density at radius 2 is 2.08 bits per heavy atom. The van der Waals surface area contributed by atoms with E-state index in [0.717, 1.165) is 36.3 Å². The van der Waals surface area contributed by atoms with E-state index in [1.54, 1.807) is 0 Å². The molecule has 0 spiro atoms. The highest BCUT2D eigenvalue weighted by molar-refractivity contribution is 5.76. The minimum Gasteiger partial charge on any atom is -0.379 e. The van der Waals surface area contributed by atoms with Crippen LogP contribution >= 0.6 is 0 Å². The van der Waals surface area contributed by atoms with Crippen LogP contribution < -0.4 is 5.32 Å². The summed E-state index contributed by atoms with van der Waals surface area (Å²) in [6.45, 7) is 8.49. The highest BCUT2D eigenvalue weighted by Gasteiger charge is 2.18. The van der Waals surface area contributed by atoms with Crippen LogP contribution in [-0.2, 0) is 23.4 Å². The second kappa shape index (κ2) is 7.25. The summed E-state index contributed by atoms with van der Waals surface area (Å²) in [5.41, 5.74) is 3.03. The van der Waals surface area contributed by atoms with Gasteiger partial charge in [0.15, 0.2) is 0 Å². The number of amides is 1. The lowest BCUT2D eigenvalue weighted by Crippen LogP contribution is -2.34. The second-order valence-electron chi connectivity index (χ2n) is 7.65. The maximum absolute atomic E-state index is 12.0. The van der Waals surface area contributed by atoms with Crippen molar-refractivity contribution in [2.75, 3.05) is 11.9 Å². The van der Waals surface area contributed by atoms with E-state index in [1.807, 2.05) is 27.9 Å². The first kappa shape index (κ1) is 17.5. The first-order chi connectivity index (χ1) is 11.9. The number of piperidine rings is 1.